The van der Waals surface area contributed by atoms with Crippen molar-refractivity contribution < 1.29 is 19.0 Å². The van der Waals surface area contributed by atoms with Crippen LogP contribution in [-0.2, 0) is 9.53 Å². The number of benzene rings is 1. The van der Waals surface area contributed by atoms with Gasteiger partial charge in [0.2, 0.25) is 0 Å². The third-order valence-corrected chi connectivity index (χ3v) is 4.83. The van der Waals surface area contributed by atoms with Gasteiger partial charge in [-0.05, 0) is 25.1 Å². The number of carbonyl (C=O) groups is 1. The minimum absolute atomic E-state index is 0.206. The molecule has 0 aliphatic rings. The average molecular weight is 387 g/mol. The summed E-state index contributed by atoms with van der Waals surface area (Å²) < 4.78 is 17.6. The molecule has 0 unspecified atom stereocenters. The highest BCUT2D eigenvalue weighted by Crippen LogP contribution is 2.33. The number of fused-ring (bicyclic) bond motifs is 1. The zero-order chi connectivity index (χ0) is 19.2. The molecule has 27 heavy (non-hydrogen) atoms. The van der Waals surface area contributed by atoms with E-state index in [-0.39, 0.29) is 5.97 Å². The summed E-state index contributed by atoms with van der Waals surface area (Å²) >= 11 is 1.49. The van der Waals surface area contributed by atoms with Crippen LogP contribution >= 0.6 is 11.8 Å². The fraction of sp³-hybridized carbons (Fsp3) is 0.316. The van der Waals surface area contributed by atoms with Crippen LogP contribution < -0.4 is 9.47 Å². The molecule has 0 atom stereocenters. The van der Waals surface area contributed by atoms with Gasteiger partial charge in [-0.1, -0.05) is 11.8 Å². The molecular weight excluding hydrogens is 366 g/mol. The van der Waals surface area contributed by atoms with Crippen molar-refractivity contribution in [2.24, 2.45) is 0 Å². The summed E-state index contributed by atoms with van der Waals surface area (Å²) in [5.41, 5.74) is 2.45. The maximum absolute atomic E-state index is 11.6. The summed E-state index contributed by atoms with van der Waals surface area (Å²) in [5, 5.41) is 0.763. The highest BCUT2D eigenvalue weighted by molar-refractivity contribution is 7.99. The SMILES string of the molecule is CCOC(=O)CCSc1nc(-c2ccc(OC)c(OC)c2)cc2nccn12. The number of esters is 1. The quantitative estimate of drug-likeness (QED) is 0.333. The zero-order valence-electron chi connectivity index (χ0n) is 15.5. The van der Waals surface area contributed by atoms with Gasteiger partial charge >= 0.3 is 5.97 Å². The van der Waals surface area contributed by atoms with Gasteiger partial charge < -0.3 is 14.2 Å². The number of aromatic nitrogens is 3. The van der Waals surface area contributed by atoms with E-state index in [0.717, 1.165) is 22.1 Å². The molecule has 7 nitrogen and oxygen atoms in total. The van der Waals surface area contributed by atoms with Crippen LogP contribution in [0.1, 0.15) is 13.3 Å². The highest BCUT2D eigenvalue weighted by atomic mass is 32.2. The van der Waals surface area contributed by atoms with Crippen LogP contribution in [-0.4, -0.2) is 46.9 Å². The van der Waals surface area contributed by atoms with Crippen LogP contribution in [0, 0.1) is 0 Å². The summed E-state index contributed by atoms with van der Waals surface area (Å²) in [6.45, 7) is 2.19. The van der Waals surface area contributed by atoms with E-state index in [1.54, 1.807) is 27.3 Å². The second kappa shape index (κ2) is 8.77. The Bertz CT molecular complexity index is 942. The van der Waals surface area contributed by atoms with Gasteiger partial charge in [-0.25, -0.2) is 9.97 Å². The normalized spacial score (nSPS) is 10.8. The van der Waals surface area contributed by atoms with E-state index in [0.29, 0.717) is 30.3 Å². The maximum Gasteiger partial charge on any atom is 0.306 e. The predicted octanol–water partition coefficient (Wildman–Crippen LogP) is 3.46. The largest absolute Gasteiger partial charge is 0.493 e. The Balaban J connectivity index is 1.90. The Hall–Kier alpha value is -2.74. The average Bonchev–Trinajstić information content (AvgIpc) is 3.16. The number of ether oxygens (including phenoxy) is 3. The molecule has 0 spiro atoms. The molecule has 0 fully saturated rings. The van der Waals surface area contributed by atoms with Crippen molar-refractivity contribution in [2.75, 3.05) is 26.6 Å². The Labute approximate surface area is 161 Å². The van der Waals surface area contributed by atoms with E-state index in [1.807, 2.05) is 34.9 Å². The van der Waals surface area contributed by atoms with Gasteiger partial charge in [-0.2, -0.15) is 0 Å². The monoisotopic (exact) mass is 387 g/mol. The first-order valence-electron chi connectivity index (χ1n) is 8.51. The van der Waals surface area contributed by atoms with E-state index in [2.05, 4.69) is 4.98 Å². The minimum atomic E-state index is -0.206. The molecule has 0 saturated heterocycles. The Morgan fingerprint density at radius 1 is 1.19 bits per heavy atom. The Morgan fingerprint density at radius 2 is 2.00 bits per heavy atom. The minimum Gasteiger partial charge on any atom is -0.493 e. The molecule has 3 rings (SSSR count). The van der Waals surface area contributed by atoms with Crippen LogP contribution in [0.4, 0.5) is 0 Å². The van der Waals surface area contributed by atoms with Gasteiger partial charge in [0.25, 0.3) is 0 Å². The van der Waals surface area contributed by atoms with Crippen molar-refractivity contribution in [3.05, 3.63) is 36.7 Å². The van der Waals surface area contributed by atoms with Gasteiger partial charge in [0.05, 0.1) is 32.9 Å². The molecular formula is C19H21N3O4S. The van der Waals surface area contributed by atoms with E-state index in [4.69, 9.17) is 19.2 Å². The number of thioether (sulfide) groups is 1. The smallest absolute Gasteiger partial charge is 0.306 e. The van der Waals surface area contributed by atoms with Crippen molar-refractivity contribution in [3.63, 3.8) is 0 Å². The van der Waals surface area contributed by atoms with Gasteiger partial charge in [0.1, 0.15) is 5.65 Å². The summed E-state index contributed by atoms with van der Waals surface area (Å²) in [6.07, 6.45) is 3.91. The molecule has 2 heterocycles. The molecule has 0 amide bonds. The molecule has 1 aromatic carbocycles. The summed E-state index contributed by atoms with van der Waals surface area (Å²) in [7, 11) is 3.20. The molecule has 0 bridgehead atoms. The molecule has 0 N–H and O–H groups in total. The Morgan fingerprint density at radius 3 is 2.74 bits per heavy atom. The number of carbonyl (C=O) groups excluding carboxylic acids is 1. The van der Waals surface area contributed by atoms with Gasteiger partial charge in [-0.3, -0.25) is 9.20 Å². The first kappa shape index (κ1) is 19.0. The number of hydrogen-bond acceptors (Lipinski definition) is 7. The molecule has 0 aliphatic heterocycles. The lowest BCUT2D eigenvalue weighted by molar-refractivity contribution is -0.142. The number of hydrogen-bond donors (Lipinski definition) is 0. The van der Waals surface area contributed by atoms with E-state index < -0.39 is 0 Å². The molecule has 8 heteroatoms. The molecule has 0 aliphatic carbocycles. The summed E-state index contributed by atoms with van der Waals surface area (Å²) in [6, 6.07) is 7.57. The molecule has 0 saturated carbocycles. The standard InChI is InChI=1S/C19H21N3O4S/c1-4-26-18(23)7-10-27-19-21-14(12-17-20-8-9-22(17)19)13-5-6-15(24-2)16(11-13)25-3/h5-6,8-9,11-12H,4,7,10H2,1-3H3. The third kappa shape index (κ3) is 4.33. The second-order valence-corrected chi connectivity index (χ2v) is 6.61. The van der Waals surface area contributed by atoms with Crippen LogP contribution in [0.3, 0.4) is 0 Å². The van der Waals surface area contributed by atoms with Crippen LogP contribution in [0.15, 0.2) is 41.8 Å². The number of methoxy groups -OCH3 is 2. The number of imidazole rings is 1. The highest BCUT2D eigenvalue weighted by Gasteiger charge is 2.12. The molecule has 3 aromatic rings. The van der Waals surface area contributed by atoms with Crippen molar-refractivity contribution in [1.29, 1.82) is 0 Å². The van der Waals surface area contributed by atoms with Crippen LogP contribution in [0.2, 0.25) is 0 Å². The van der Waals surface area contributed by atoms with Gasteiger partial charge in [0.15, 0.2) is 16.7 Å². The lowest BCUT2D eigenvalue weighted by Gasteiger charge is -2.11. The fourth-order valence-electron chi connectivity index (χ4n) is 2.60. The topological polar surface area (TPSA) is 75.0 Å². The van der Waals surface area contributed by atoms with E-state index >= 15 is 0 Å². The van der Waals surface area contributed by atoms with Crippen molar-refractivity contribution in [2.45, 2.75) is 18.5 Å². The van der Waals surface area contributed by atoms with Crippen molar-refractivity contribution >= 4 is 23.4 Å². The van der Waals surface area contributed by atoms with Crippen LogP contribution in [0.25, 0.3) is 16.9 Å². The molecule has 0 radical (unpaired) electrons. The maximum atomic E-state index is 11.6. The van der Waals surface area contributed by atoms with Crippen molar-refractivity contribution in [3.8, 4) is 22.8 Å². The number of rotatable bonds is 8. The van der Waals surface area contributed by atoms with Gasteiger partial charge in [-0.15, -0.1) is 0 Å². The first-order chi connectivity index (χ1) is 13.2. The zero-order valence-corrected chi connectivity index (χ0v) is 16.3. The van der Waals surface area contributed by atoms with Crippen molar-refractivity contribution in [1.82, 2.24) is 14.4 Å². The molecule has 142 valence electrons. The van der Waals surface area contributed by atoms with Gasteiger partial charge in [0, 0.05) is 29.8 Å². The second-order valence-electron chi connectivity index (χ2n) is 5.55. The van der Waals surface area contributed by atoms with E-state index in [1.165, 1.54) is 11.8 Å². The van der Waals surface area contributed by atoms with E-state index in [9.17, 15) is 4.79 Å². The first-order valence-corrected chi connectivity index (χ1v) is 9.49. The molecule has 2 aromatic heterocycles. The summed E-state index contributed by atoms with van der Waals surface area (Å²) in [5.74, 6) is 1.67. The third-order valence-electron chi connectivity index (χ3n) is 3.88. The summed E-state index contributed by atoms with van der Waals surface area (Å²) in [4.78, 5) is 20.7. The lowest BCUT2D eigenvalue weighted by Crippen LogP contribution is -2.05. The number of nitrogens with zero attached hydrogens (tertiary/aromatic N) is 3. The fourth-order valence-corrected chi connectivity index (χ4v) is 3.51. The Kier molecular flexibility index (Phi) is 6.18. The lowest BCUT2D eigenvalue weighted by atomic mass is 10.1. The van der Waals surface area contributed by atoms with Crippen LogP contribution in [0.5, 0.6) is 11.5 Å². The predicted molar refractivity (Wildman–Crippen MR) is 104 cm³/mol.